The van der Waals surface area contributed by atoms with Crippen LogP contribution < -0.4 is 9.47 Å². The minimum absolute atomic E-state index is 0.164. The SMILES string of the molecule is CCCCCCCOc1ccc(C2=CC(=O)c3c(O)c(-c4ccc(OCCCCCCC)cc4)cc(O)c3C2=O)cc1. The molecule has 222 valence electrons. The molecular weight excluding hydrogens is 528 g/mol. The van der Waals surface area contributed by atoms with Gasteiger partial charge in [-0.15, -0.1) is 0 Å². The molecule has 6 nitrogen and oxygen atoms in total. The van der Waals surface area contributed by atoms with Crippen molar-refractivity contribution in [2.75, 3.05) is 13.2 Å². The number of aromatic hydroxyl groups is 2. The van der Waals surface area contributed by atoms with Crippen molar-refractivity contribution >= 4 is 17.1 Å². The largest absolute Gasteiger partial charge is 0.507 e. The maximum Gasteiger partial charge on any atom is 0.198 e. The molecule has 0 spiro atoms. The van der Waals surface area contributed by atoms with Crippen LogP contribution in [0.2, 0.25) is 0 Å². The van der Waals surface area contributed by atoms with Gasteiger partial charge in [-0.2, -0.15) is 0 Å². The molecule has 2 N–H and O–H groups in total. The third kappa shape index (κ3) is 7.61. The molecule has 0 unspecified atom stereocenters. The highest BCUT2D eigenvalue weighted by atomic mass is 16.5. The fourth-order valence-corrected chi connectivity index (χ4v) is 5.22. The second-order valence-electron chi connectivity index (χ2n) is 10.9. The van der Waals surface area contributed by atoms with Crippen LogP contribution in [0.15, 0.2) is 60.7 Å². The second kappa shape index (κ2) is 15.2. The number of benzene rings is 3. The van der Waals surface area contributed by atoms with Gasteiger partial charge in [-0.1, -0.05) is 89.5 Å². The molecule has 0 radical (unpaired) electrons. The monoisotopic (exact) mass is 570 g/mol. The summed E-state index contributed by atoms with van der Waals surface area (Å²) in [4.78, 5) is 26.7. The zero-order valence-corrected chi connectivity index (χ0v) is 24.8. The summed E-state index contributed by atoms with van der Waals surface area (Å²) in [6.07, 6.45) is 12.8. The summed E-state index contributed by atoms with van der Waals surface area (Å²) in [5, 5.41) is 22.0. The average Bonchev–Trinajstić information content (AvgIpc) is 3.00. The van der Waals surface area contributed by atoms with Gasteiger partial charge in [0, 0.05) is 11.1 Å². The number of rotatable bonds is 16. The van der Waals surface area contributed by atoms with E-state index in [1.54, 1.807) is 48.5 Å². The predicted molar refractivity (Wildman–Crippen MR) is 167 cm³/mol. The normalized spacial score (nSPS) is 12.7. The third-order valence-electron chi connectivity index (χ3n) is 7.64. The van der Waals surface area contributed by atoms with Crippen molar-refractivity contribution in [3.8, 4) is 34.1 Å². The predicted octanol–water partition coefficient (Wildman–Crippen LogP) is 8.93. The van der Waals surface area contributed by atoms with Crippen LogP contribution in [0.5, 0.6) is 23.0 Å². The Bertz CT molecular complexity index is 1390. The fourth-order valence-electron chi connectivity index (χ4n) is 5.22. The third-order valence-corrected chi connectivity index (χ3v) is 7.64. The molecule has 1 aliphatic carbocycles. The van der Waals surface area contributed by atoms with Crippen LogP contribution >= 0.6 is 0 Å². The molecule has 0 aromatic heterocycles. The summed E-state index contributed by atoms with van der Waals surface area (Å²) in [5.41, 5.74) is 1.20. The summed E-state index contributed by atoms with van der Waals surface area (Å²) in [6.45, 7) is 5.63. The van der Waals surface area contributed by atoms with Gasteiger partial charge in [0.05, 0.1) is 24.3 Å². The number of fused-ring (bicyclic) bond motifs is 1. The Morgan fingerprint density at radius 1 is 0.619 bits per heavy atom. The number of phenols is 2. The molecule has 42 heavy (non-hydrogen) atoms. The van der Waals surface area contributed by atoms with Crippen LogP contribution in [0.1, 0.15) is 104 Å². The molecule has 0 heterocycles. The molecule has 0 saturated carbocycles. The zero-order valence-electron chi connectivity index (χ0n) is 24.8. The summed E-state index contributed by atoms with van der Waals surface area (Å²) in [7, 11) is 0. The highest BCUT2D eigenvalue weighted by Crippen LogP contribution is 2.43. The molecule has 0 amide bonds. The molecular formula is C36H42O6. The minimum Gasteiger partial charge on any atom is -0.507 e. The Morgan fingerprint density at radius 2 is 1.12 bits per heavy atom. The van der Waals surface area contributed by atoms with Gasteiger partial charge < -0.3 is 19.7 Å². The lowest BCUT2D eigenvalue weighted by molar-refractivity contribution is 0.0997. The van der Waals surface area contributed by atoms with Crippen molar-refractivity contribution in [3.05, 3.63) is 77.4 Å². The Labute approximate surface area is 249 Å². The van der Waals surface area contributed by atoms with E-state index in [9.17, 15) is 19.8 Å². The van der Waals surface area contributed by atoms with E-state index in [1.165, 1.54) is 50.7 Å². The number of carbonyl (C=O) groups excluding carboxylic acids is 2. The van der Waals surface area contributed by atoms with Crippen molar-refractivity contribution in [2.45, 2.75) is 78.1 Å². The van der Waals surface area contributed by atoms with E-state index in [1.807, 2.05) is 0 Å². The maximum atomic E-state index is 13.5. The van der Waals surface area contributed by atoms with Gasteiger partial charge in [0.2, 0.25) is 0 Å². The fraction of sp³-hybridized carbons (Fsp3) is 0.389. The summed E-state index contributed by atoms with van der Waals surface area (Å²) in [6, 6.07) is 15.5. The van der Waals surface area contributed by atoms with E-state index in [4.69, 9.17) is 9.47 Å². The Balaban J connectivity index is 1.45. The number of unbranched alkanes of at least 4 members (excludes halogenated alkanes) is 8. The van der Waals surface area contributed by atoms with Crippen LogP contribution in [0.25, 0.3) is 16.7 Å². The molecule has 3 aromatic rings. The Morgan fingerprint density at radius 3 is 1.64 bits per heavy atom. The standard InChI is InChI=1S/C36H42O6/c1-3-5-7-9-11-21-41-27-17-13-25(14-18-27)29-23-31(37)34-33(35(29)39)32(38)24-30(36(34)40)26-15-19-28(20-16-26)42-22-12-10-8-6-4-2/h13-20,23-24,37,39H,3-12,21-22H2,1-2H3. The topological polar surface area (TPSA) is 93.1 Å². The van der Waals surface area contributed by atoms with Crippen LogP contribution in [-0.4, -0.2) is 35.0 Å². The molecule has 3 aromatic carbocycles. The summed E-state index contributed by atoms with van der Waals surface area (Å²) in [5.74, 6) is -0.335. The quantitative estimate of drug-likeness (QED) is 0.132. The number of Topliss-reactive ketones (excluding diaryl/α,β-unsaturated/α-hetero) is 1. The van der Waals surface area contributed by atoms with E-state index in [0.29, 0.717) is 35.8 Å². The van der Waals surface area contributed by atoms with E-state index >= 15 is 0 Å². The van der Waals surface area contributed by atoms with E-state index in [-0.39, 0.29) is 33.8 Å². The van der Waals surface area contributed by atoms with Gasteiger partial charge in [0.15, 0.2) is 11.6 Å². The van der Waals surface area contributed by atoms with Gasteiger partial charge >= 0.3 is 0 Å². The molecule has 0 bridgehead atoms. The van der Waals surface area contributed by atoms with Crippen LogP contribution in [0.3, 0.4) is 0 Å². The van der Waals surface area contributed by atoms with Crippen molar-refractivity contribution in [1.82, 2.24) is 0 Å². The molecule has 1 aliphatic rings. The van der Waals surface area contributed by atoms with Crippen molar-refractivity contribution in [1.29, 1.82) is 0 Å². The zero-order chi connectivity index (χ0) is 29.9. The number of ketones is 2. The maximum absolute atomic E-state index is 13.5. The van der Waals surface area contributed by atoms with Crippen molar-refractivity contribution in [3.63, 3.8) is 0 Å². The molecule has 4 rings (SSSR count). The van der Waals surface area contributed by atoms with E-state index in [0.717, 1.165) is 25.7 Å². The number of hydrogen-bond donors (Lipinski definition) is 2. The van der Waals surface area contributed by atoms with Gasteiger partial charge in [-0.05, 0) is 60.4 Å². The number of phenolic OH excluding ortho intramolecular Hbond substituents is 2. The number of allylic oxidation sites excluding steroid dienone is 2. The molecule has 0 fully saturated rings. The lowest BCUT2D eigenvalue weighted by Crippen LogP contribution is -2.17. The van der Waals surface area contributed by atoms with Crippen molar-refractivity contribution in [2.24, 2.45) is 0 Å². The Hall–Kier alpha value is -4.06. The van der Waals surface area contributed by atoms with Crippen LogP contribution in [-0.2, 0) is 0 Å². The first-order valence-electron chi connectivity index (χ1n) is 15.3. The number of ether oxygens (including phenoxy) is 2. The average molecular weight is 571 g/mol. The molecule has 6 heteroatoms. The van der Waals surface area contributed by atoms with Gasteiger partial charge in [0.25, 0.3) is 0 Å². The lowest BCUT2D eigenvalue weighted by Gasteiger charge is -2.20. The first-order valence-corrected chi connectivity index (χ1v) is 15.3. The van der Waals surface area contributed by atoms with E-state index in [2.05, 4.69) is 13.8 Å². The van der Waals surface area contributed by atoms with Crippen LogP contribution in [0.4, 0.5) is 0 Å². The minimum atomic E-state index is -0.537. The van der Waals surface area contributed by atoms with Gasteiger partial charge in [-0.3, -0.25) is 9.59 Å². The number of carbonyl (C=O) groups is 2. The number of hydrogen-bond acceptors (Lipinski definition) is 6. The first kappa shape index (κ1) is 30.9. The lowest BCUT2D eigenvalue weighted by atomic mass is 9.83. The summed E-state index contributed by atoms with van der Waals surface area (Å²) < 4.78 is 11.6. The molecule has 0 saturated heterocycles. The van der Waals surface area contributed by atoms with Crippen LogP contribution in [0, 0.1) is 0 Å². The van der Waals surface area contributed by atoms with Crippen molar-refractivity contribution < 1.29 is 29.3 Å². The second-order valence-corrected chi connectivity index (χ2v) is 10.9. The highest BCUT2D eigenvalue weighted by Gasteiger charge is 2.33. The van der Waals surface area contributed by atoms with Gasteiger partial charge in [-0.25, -0.2) is 0 Å². The smallest absolute Gasteiger partial charge is 0.198 e. The summed E-state index contributed by atoms with van der Waals surface area (Å²) >= 11 is 0. The van der Waals surface area contributed by atoms with Gasteiger partial charge in [0.1, 0.15) is 23.0 Å². The molecule has 0 aliphatic heterocycles. The first-order chi connectivity index (χ1) is 20.4. The highest BCUT2D eigenvalue weighted by molar-refractivity contribution is 6.40. The Kier molecular flexibility index (Phi) is 11.2. The molecule has 0 atom stereocenters. The van der Waals surface area contributed by atoms with E-state index < -0.39 is 11.6 Å².